The second kappa shape index (κ2) is 5.33. The lowest BCUT2D eigenvalue weighted by Crippen LogP contribution is -2.25. The Balaban J connectivity index is 2.71. The van der Waals surface area contributed by atoms with Gasteiger partial charge in [-0.1, -0.05) is 0 Å². The Morgan fingerprint density at radius 3 is 2.56 bits per heavy atom. The fraction of sp³-hybridized carbons (Fsp3) is 0.375. The average molecular weight is 365 g/mol. The fourth-order valence-corrected chi connectivity index (χ4v) is 2.25. The van der Waals surface area contributed by atoms with Gasteiger partial charge in [0.25, 0.3) is 5.56 Å². The molecule has 1 aromatic rings. The van der Waals surface area contributed by atoms with Crippen LogP contribution >= 0.6 is 31.9 Å². The zero-order chi connectivity index (χ0) is 12.3. The predicted molar refractivity (Wildman–Crippen MR) is 58.1 cm³/mol. The molecule has 0 bridgehead atoms. The van der Waals surface area contributed by atoms with Gasteiger partial charge in [-0.3, -0.25) is 9.53 Å². The Labute approximate surface area is 105 Å². The summed E-state index contributed by atoms with van der Waals surface area (Å²) in [6.45, 7) is -0.775. The van der Waals surface area contributed by atoms with E-state index in [2.05, 4.69) is 36.6 Å². The summed E-state index contributed by atoms with van der Waals surface area (Å²) in [7, 11) is 0. The minimum absolute atomic E-state index is 0.170. The molecule has 3 nitrogen and oxygen atoms in total. The molecular formula is C8H6Br2F3NO2. The zero-order valence-corrected chi connectivity index (χ0v) is 10.9. The van der Waals surface area contributed by atoms with Crippen molar-refractivity contribution < 1.29 is 17.9 Å². The molecule has 16 heavy (non-hydrogen) atoms. The summed E-state index contributed by atoms with van der Waals surface area (Å²) in [5.41, 5.74) is -0.408. The van der Waals surface area contributed by atoms with Gasteiger partial charge in [0, 0.05) is 17.2 Å². The first-order valence-corrected chi connectivity index (χ1v) is 5.64. The highest BCUT2D eigenvalue weighted by Crippen LogP contribution is 2.16. The van der Waals surface area contributed by atoms with Crippen molar-refractivity contribution in [1.82, 2.24) is 4.57 Å². The van der Waals surface area contributed by atoms with Crippen LogP contribution < -0.4 is 5.56 Å². The summed E-state index contributed by atoms with van der Waals surface area (Å²) >= 11 is 6.13. The Morgan fingerprint density at radius 1 is 1.38 bits per heavy atom. The fourth-order valence-electron chi connectivity index (χ4n) is 0.991. The smallest absolute Gasteiger partial charge is 0.311 e. The van der Waals surface area contributed by atoms with Crippen molar-refractivity contribution >= 4 is 31.9 Å². The number of nitrogens with zero attached hydrogens (tertiary/aromatic N) is 1. The van der Waals surface area contributed by atoms with Gasteiger partial charge in [-0.25, -0.2) is 0 Å². The second-order valence-electron chi connectivity index (χ2n) is 2.80. The van der Waals surface area contributed by atoms with Gasteiger partial charge < -0.3 is 4.57 Å². The topological polar surface area (TPSA) is 31.2 Å². The molecule has 0 spiro atoms. The summed E-state index contributed by atoms with van der Waals surface area (Å²) < 4.78 is 40.6. The van der Waals surface area contributed by atoms with E-state index in [1.807, 2.05) is 0 Å². The highest BCUT2D eigenvalue weighted by Gasteiger charge is 2.28. The lowest BCUT2D eigenvalue weighted by Gasteiger charge is -2.09. The molecule has 0 aromatic carbocycles. The van der Waals surface area contributed by atoms with Crippen molar-refractivity contribution in [3.8, 4) is 0 Å². The van der Waals surface area contributed by atoms with E-state index in [1.54, 1.807) is 0 Å². The second-order valence-corrected chi connectivity index (χ2v) is 4.57. The van der Waals surface area contributed by atoms with Gasteiger partial charge in [-0.05, 0) is 37.9 Å². The van der Waals surface area contributed by atoms with E-state index in [-0.39, 0.29) is 11.0 Å². The van der Waals surface area contributed by atoms with Crippen molar-refractivity contribution in [3.63, 3.8) is 0 Å². The molecule has 0 aliphatic heterocycles. The quantitative estimate of drug-likeness (QED) is 0.825. The third-order valence-corrected chi connectivity index (χ3v) is 2.61. The van der Waals surface area contributed by atoms with Crippen molar-refractivity contribution in [3.05, 3.63) is 31.6 Å². The molecule has 0 unspecified atom stereocenters. The van der Waals surface area contributed by atoms with Crippen molar-refractivity contribution in [1.29, 1.82) is 0 Å². The third-order valence-electron chi connectivity index (χ3n) is 1.61. The number of pyridine rings is 1. The molecule has 8 heteroatoms. The monoisotopic (exact) mass is 363 g/mol. The van der Waals surface area contributed by atoms with Crippen LogP contribution in [0.2, 0.25) is 0 Å². The summed E-state index contributed by atoms with van der Waals surface area (Å²) in [6, 6.07) is 1.52. The molecule has 0 fully saturated rings. The number of aromatic nitrogens is 1. The van der Waals surface area contributed by atoms with Crippen LogP contribution in [0, 0.1) is 0 Å². The molecule has 0 saturated carbocycles. The van der Waals surface area contributed by atoms with Gasteiger partial charge in [-0.2, -0.15) is 0 Å². The first-order valence-electron chi connectivity index (χ1n) is 4.06. The molecular weight excluding hydrogens is 359 g/mol. The van der Waals surface area contributed by atoms with E-state index in [0.29, 0.717) is 4.47 Å². The average Bonchev–Trinajstić information content (AvgIpc) is 2.11. The largest absolute Gasteiger partial charge is 0.522 e. The predicted octanol–water partition coefficient (Wildman–Crippen LogP) is 2.91. The van der Waals surface area contributed by atoms with Crippen molar-refractivity contribution in [2.75, 3.05) is 6.61 Å². The van der Waals surface area contributed by atoms with Crippen LogP contribution in [-0.4, -0.2) is 17.5 Å². The highest BCUT2D eigenvalue weighted by atomic mass is 79.9. The summed E-state index contributed by atoms with van der Waals surface area (Å²) in [5, 5.41) is 0. The normalized spacial score (nSPS) is 11.8. The molecule has 90 valence electrons. The minimum Gasteiger partial charge on any atom is -0.311 e. The third kappa shape index (κ3) is 4.26. The van der Waals surface area contributed by atoms with Crippen LogP contribution in [0.4, 0.5) is 13.2 Å². The molecule has 1 aromatic heterocycles. The van der Waals surface area contributed by atoms with Crippen molar-refractivity contribution in [2.45, 2.75) is 12.9 Å². The van der Waals surface area contributed by atoms with Crippen LogP contribution in [0.3, 0.4) is 0 Å². The molecule has 0 amide bonds. The minimum atomic E-state index is -4.67. The zero-order valence-electron chi connectivity index (χ0n) is 7.72. The van der Waals surface area contributed by atoms with Gasteiger partial charge >= 0.3 is 6.36 Å². The number of halogens is 5. The van der Waals surface area contributed by atoms with E-state index in [9.17, 15) is 18.0 Å². The molecule has 0 atom stereocenters. The SMILES string of the molecule is O=c1c(Br)cc(Br)cn1CCOC(F)(F)F. The summed E-state index contributed by atoms with van der Waals surface area (Å²) in [5.74, 6) is 0. The van der Waals surface area contributed by atoms with E-state index in [0.717, 1.165) is 4.57 Å². The maximum atomic E-state index is 11.7. The van der Waals surface area contributed by atoms with Gasteiger partial charge in [0.1, 0.15) is 0 Å². The number of ether oxygens (including phenoxy) is 1. The molecule has 1 heterocycles. The number of rotatable bonds is 3. The maximum Gasteiger partial charge on any atom is 0.522 e. The highest BCUT2D eigenvalue weighted by molar-refractivity contribution is 9.11. The Kier molecular flexibility index (Phi) is 4.57. The van der Waals surface area contributed by atoms with E-state index < -0.39 is 18.5 Å². The molecule has 0 aliphatic rings. The van der Waals surface area contributed by atoms with Gasteiger partial charge in [0.05, 0.1) is 11.1 Å². The molecule has 0 N–H and O–H groups in total. The van der Waals surface area contributed by atoms with Crippen LogP contribution in [0.5, 0.6) is 0 Å². The maximum absolute atomic E-state index is 11.7. The van der Waals surface area contributed by atoms with Gasteiger partial charge in [-0.15, -0.1) is 13.2 Å². The number of alkyl halides is 3. The Morgan fingerprint density at radius 2 is 2.00 bits per heavy atom. The number of hydrogen-bond donors (Lipinski definition) is 0. The molecule has 0 radical (unpaired) electrons. The van der Waals surface area contributed by atoms with Crippen molar-refractivity contribution in [2.24, 2.45) is 0 Å². The Hall–Kier alpha value is -0.340. The van der Waals surface area contributed by atoms with E-state index >= 15 is 0 Å². The van der Waals surface area contributed by atoms with Crippen LogP contribution in [0.1, 0.15) is 0 Å². The number of hydrogen-bond acceptors (Lipinski definition) is 2. The first kappa shape index (κ1) is 13.7. The standard InChI is InChI=1S/C8H6Br2F3NO2/c9-5-3-6(10)7(15)14(4-5)1-2-16-8(11,12)13/h3-4H,1-2H2. The van der Waals surface area contributed by atoms with E-state index in [4.69, 9.17) is 0 Å². The summed E-state index contributed by atoms with van der Waals surface area (Å²) in [6.07, 6.45) is -3.28. The molecule has 0 aliphatic carbocycles. The van der Waals surface area contributed by atoms with E-state index in [1.165, 1.54) is 12.3 Å². The summed E-state index contributed by atoms with van der Waals surface area (Å²) in [4.78, 5) is 11.4. The lowest BCUT2D eigenvalue weighted by atomic mass is 10.4. The Bertz CT molecular complexity index is 430. The van der Waals surface area contributed by atoms with Crippen LogP contribution in [-0.2, 0) is 11.3 Å². The molecule has 0 saturated heterocycles. The van der Waals surface area contributed by atoms with Gasteiger partial charge in [0.15, 0.2) is 0 Å². The lowest BCUT2D eigenvalue weighted by molar-refractivity contribution is -0.325. The molecule has 1 rings (SSSR count). The van der Waals surface area contributed by atoms with Crippen LogP contribution in [0.25, 0.3) is 0 Å². The van der Waals surface area contributed by atoms with Gasteiger partial charge in [0.2, 0.25) is 0 Å². The van der Waals surface area contributed by atoms with Crippen LogP contribution in [0.15, 0.2) is 26.0 Å². The first-order chi connectivity index (χ1) is 7.29.